The van der Waals surface area contributed by atoms with Crippen molar-refractivity contribution in [3.8, 4) is 5.75 Å². The van der Waals surface area contributed by atoms with E-state index >= 15 is 0 Å². The first kappa shape index (κ1) is 19.9. The van der Waals surface area contributed by atoms with Gasteiger partial charge in [0.15, 0.2) is 12.7 Å². The van der Waals surface area contributed by atoms with E-state index in [2.05, 4.69) is 5.32 Å². The number of para-hydroxylation sites is 2. The van der Waals surface area contributed by atoms with Gasteiger partial charge in [0, 0.05) is 6.07 Å². The molecule has 0 spiro atoms. The van der Waals surface area contributed by atoms with Gasteiger partial charge in [0.25, 0.3) is 11.6 Å². The van der Waals surface area contributed by atoms with E-state index < -0.39 is 22.9 Å². The second-order valence-electron chi connectivity index (χ2n) is 6.01. The highest BCUT2D eigenvalue weighted by Crippen LogP contribution is 2.23. The fraction of sp³-hybridized carbons (Fsp3) is 0.263. The Labute approximate surface area is 156 Å². The number of nitrogens with one attached hydrogen (secondary N) is 1. The Balaban J connectivity index is 1.90. The number of hydrogen-bond acceptors (Lipinski definition) is 6. The maximum absolute atomic E-state index is 12.1. The van der Waals surface area contributed by atoms with Crippen LogP contribution in [0.25, 0.3) is 0 Å². The molecule has 0 saturated carbocycles. The molecule has 0 heterocycles. The van der Waals surface area contributed by atoms with Crippen LogP contribution < -0.4 is 10.1 Å². The number of carbonyl (C=O) groups is 2. The van der Waals surface area contributed by atoms with Crippen LogP contribution in [0.3, 0.4) is 0 Å². The van der Waals surface area contributed by atoms with Crippen molar-refractivity contribution in [3.05, 3.63) is 63.7 Å². The van der Waals surface area contributed by atoms with Gasteiger partial charge in [-0.3, -0.25) is 14.9 Å². The Kier molecular flexibility index (Phi) is 6.48. The summed E-state index contributed by atoms with van der Waals surface area (Å²) in [5, 5.41) is 13.4. The maximum atomic E-state index is 12.1. The molecule has 0 fully saturated rings. The summed E-state index contributed by atoms with van der Waals surface area (Å²) in [5.41, 5.74) is 1.77. The van der Waals surface area contributed by atoms with Crippen LogP contribution >= 0.6 is 0 Å². The molecule has 2 aromatic carbocycles. The second-order valence-corrected chi connectivity index (χ2v) is 6.01. The predicted molar refractivity (Wildman–Crippen MR) is 98.7 cm³/mol. The smallest absolute Gasteiger partial charge is 0.344 e. The Morgan fingerprint density at radius 3 is 2.41 bits per heavy atom. The van der Waals surface area contributed by atoms with Crippen molar-refractivity contribution in [1.29, 1.82) is 0 Å². The lowest BCUT2D eigenvalue weighted by Crippen LogP contribution is -2.31. The summed E-state index contributed by atoms with van der Waals surface area (Å²) in [6.07, 6.45) is -1.14. The summed E-state index contributed by atoms with van der Waals surface area (Å²) in [7, 11) is 0. The summed E-state index contributed by atoms with van der Waals surface area (Å²) in [5.74, 6) is -0.870. The molecule has 1 amide bonds. The fourth-order valence-corrected chi connectivity index (χ4v) is 2.42. The average molecular weight is 372 g/mol. The quantitative estimate of drug-likeness (QED) is 0.454. The number of aryl methyl sites for hydroxylation is 2. The topological polar surface area (TPSA) is 108 Å². The van der Waals surface area contributed by atoms with Gasteiger partial charge in [0.05, 0.1) is 4.92 Å². The SMILES string of the molecule is Cc1cc(C)cc(OCC(=O)O[C@@H](C)C(=O)Nc2ccccc2[N+](=O)[O-])c1. The molecule has 1 atom stereocenters. The predicted octanol–water partition coefficient (Wildman–Crippen LogP) is 3.16. The fourth-order valence-electron chi connectivity index (χ4n) is 2.42. The van der Waals surface area contributed by atoms with Crippen molar-refractivity contribution in [2.45, 2.75) is 26.9 Å². The number of carbonyl (C=O) groups excluding carboxylic acids is 2. The highest BCUT2D eigenvalue weighted by atomic mass is 16.6. The first-order valence-corrected chi connectivity index (χ1v) is 8.21. The van der Waals surface area contributed by atoms with Crippen molar-refractivity contribution in [1.82, 2.24) is 0 Å². The molecule has 0 radical (unpaired) electrons. The van der Waals surface area contributed by atoms with Crippen LogP contribution in [0.15, 0.2) is 42.5 Å². The number of esters is 1. The molecular weight excluding hydrogens is 352 g/mol. The normalized spacial score (nSPS) is 11.4. The highest BCUT2D eigenvalue weighted by Gasteiger charge is 2.21. The first-order valence-electron chi connectivity index (χ1n) is 8.21. The van der Waals surface area contributed by atoms with Gasteiger partial charge in [-0.25, -0.2) is 4.79 Å². The number of nitrogens with zero attached hydrogens (tertiary/aromatic N) is 1. The van der Waals surface area contributed by atoms with Gasteiger partial charge in [0.1, 0.15) is 11.4 Å². The van der Waals surface area contributed by atoms with Crippen LogP contribution in [0.4, 0.5) is 11.4 Å². The molecule has 2 aromatic rings. The van der Waals surface area contributed by atoms with Crippen LogP contribution in [0.2, 0.25) is 0 Å². The molecule has 142 valence electrons. The van der Waals surface area contributed by atoms with Gasteiger partial charge in [-0.2, -0.15) is 0 Å². The van der Waals surface area contributed by atoms with Crippen LogP contribution in [-0.2, 0) is 14.3 Å². The van der Waals surface area contributed by atoms with Crippen molar-refractivity contribution in [2.24, 2.45) is 0 Å². The van der Waals surface area contributed by atoms with E-state index in [1.54, 1.807) is 18.2 Å². The average Bonchev–Trinajstić information content (AvgIpc) is 2.59. The van der Waals surface area contributed by atoms with Crippen molar-refractivity contribution < 1.29 is 24.0 Å². The molecule has 0 saturated heterocycles. The van der Waals surface area contributed by atoms with Gasteiger partial charge < -0.3 is 14.8 Å². The number of anilines is 1. The second kappa shape index (κ2) is 8.79. The molecule has 1 N–H and O–H groups in total. The van der Waals surface area contributed by atoms with E-state index in [0.717, 1.165) is 11.1 Å². The van der Waals surface area contributed by atoms with Crippen molar-refractivity contribution in [2.75, 3.05) is 11.9 Å². The number of rotatable bonds is 7. The largest absolute Gasteiger partial charge is 0.482 e. The number of amides is 1. The molecule has 8 heteroatoms. The zero-order chi connectivity index (χ0) is 20.0. The highest BCUT2D eigenvalue weighted by molar-refractivity contribution is 5.96. The zero-order valence-electron chi connectivity index (χ0n) is 15.2. The molecule has 0 aliphatic heterocycles. The zero-order valence-corrected chi connectivity index (χ0v) is 15.2. The standard InChI is InChI=1S/C19H20N2O6/c1-12-8-13(2)10-15(9-12)26-11-18(22)27-14(3)19(23)20-16-6-4-5-7-17(16)21(24)25/h4-10,14H,11H2,1-3H3,(H,20,23)/t14-/m0/s1. The summed E-state index contributed by atoms with van der Waals surface area (Å²) >= 11 is 0. The minimum atomic E-state index is -1.14. The van der Waals surface area contributed by atoms with E-state index in [9.17, 15) is 19.7 Å². The molecule has 0 bridgehead atoms. The molecule has 0 aliphatic rings. The van der Waals surface area contributed by atoms with E-state index in [1.165, 1.54) is 25.1 Å². The van der Waals surface area contributed by atoms with Gasteiger partial charge in [-0.15, -0.1) is 0 Å². The number of nitro benzene ring substituents is 1. The van der Waals surface area contributed by atoms with E-state index in [-0.39, 0.29) is 18.0 Å². The lowest BCUT2D eigenvalue weighted by Gasteiger charge is -2.14. The van der Waals surface area contributed by atoms with Crippen LogP contribution in [0, 0.1) is 24.0 Å². The molecule has 0 unspecified atom stereocenters. The minimum Gasteiger partial charge on any atom is -0.482 e. The lowest BCUT2D eigenvalue weighted by atomic mass is 10.1. The Morgan fingerprint density at radius 2 is 1.78 bits per heavy atom. The summed E-state index contributed by atoms with van der Waals surface area (Å²) in [6, 6.07) is 11.2. The minimum absolute atomic E-state index is 0.0295. The number of benzene rings is 2. The molecule has 0 aliphatic carbocycles. The summed E-state index contributed by atoms with van der Waals surface area (Å²) < 4.78 is 10.4. The maximum Gasteiger partial charge on any atom is 0.344 e. The lowest BCUT2D eigenvalue weighted by molar-refractivity contribution is -0.383. The van der Waals surface area contributed by atoms with Gasteiger partial charge >= 0.3 is 5.97 Å². The third-order valence-electron chi connectivity index (χ3n) is 3.59. The molecule has 27 heavy (non-hydrogen) atoms. The molecule has 0 aromatic heterocycles. The Morgan fingerprint density at radius 1 is 1.15 bits per heavy atom. The van der Waals surface area contributed by atoms with E-state index in [4.69, 9.17) is 9.47 Å². The first-order chi connectivity index (χ1) is 12.8. The number of hydrogen-bond donors (Lipinski definition) is 1. The third kappa shape index (κ3) is 5.81. The number of nitro groups is 1. The number of ether oxygens (including phenoxy) is 2. The monoisotopic (exact) mass is 372 g/mol. The molecular formula is C19H20N2O6. The molecule has 8 nitrogen and oxygen atoms in total. The van der Waals surface area contributed by atoms with E-state index in [1.807, 2.05) is 19.9 Å². The van der Waals surface area contributed by atoms with Gasteiger partial charge in [-0.1, -0.05) is 18.2 Å². The van der Waals surface area contributed by atoms with Gasteiger partial charge in [-0.05, 0) is 50.1 Å². The third-order valence-corrected chi connectivity index (χ3v) is 3.59. The van der Waals surface area contributed by atoms with Gasteiger partial charge in [0.2, 0.25) is 0 Å². The summed E-state index contributed by atoms with van der Waals surface area (Å²) in [6.45, 7) is 4.84. The molecule has 2 rings (SSSR count). The Bertz CT molecular complexity index is 845. The van der Waals surface area contributed by atoms with Crippen molar-refractivity contribution in [3.63, 3.8) is 0 Å². The van der Waals surface area contributed by atoms with Crippen molar-refractivity contribution >= 4 is 23.3 Å². The Hall–Kier alpha value is -3.42. The van der Waals surface area contributed by atoms with Crippen LogP contribution in [0.1, 0.15) is 18.1 Å². The van der Waals surface area contributed by atoms with Crippen LogP contribution in [0.5, 0.6) is 5.75 Å². The van der Waals surface area contributed by atoms with E-state index in [0.29, 0.717) is 5.75 Å². The van der Waals surface area contributed by atoms with Crippen LogP contribution in [-0.4, -0.2) is 29.5 Å². The summed E-state index contributed by atoms with van der Waals surface area (Å²) in [4.78, 5) is 34.4.